The lowest BCUT2D eigenvalue weighted by molar-refractivity contribution is -0.255. The van der Waals surface area contributed by atoms with Crippen LogP contribution in [0, 0.1) is 25.2 Å². The number of carboxylic acid groups (broad SMARTS) is 1. The molecule has 0 aliphatic carbocycles. The Balaban J connectivity index is 1.87. The zero-order valence-electron chi connectivity index (χ0n) is 15.9. The largest absolute Gasteiger partial charge is 0.545 e. The van der Waals surface area contributed by atoms with Gasteiger partial charge >= 0.3 is 0 Å². The van der Waals surface area contributed by atoms with Gasteiger partial charge in [0.1, 0.15) is 23.2 Å². The van der Waals surface area contributed by atoms with E-state index in [9.17, 15) is 20.0 Å². The first-order chi connectivity index (χ1) is 13.9. The molecule has 1 heterocycles. The number of hydrogen-bond acceptors (Lipinski definition) is 5. The Kier molecular flexibility index (Phi) is 5.61. The third-order valence-electron chi connectivity index (χ3n) is 4.41. The summed E-state index contributed by atoms with van der Waals surface area (Å²) in [6.07, 6.45) is 1.34. The van der Waals surface area contributed by atoms with Crippen LogP contribution in [0.25, 0.3) is 17.4 Å². The molecule has 1 N–H and O–H groups in total. The van der Waals surface area contributed by atoms with Crippen molar-refractivity contribution >= 4 is 23.6 Å². The zero-order chi connectivity index (χ0) is 21.0. The molecule has 6 nitrogen and oxygen atoms in total. The van der Waals surface area contributed by atoms with Crippen LogP contribution in [-0.4, -0.2) is 11.9 Å². The number of rotatable bonds is 5. The fraction of sp³-hybridized carbons (Fsp3) is 0.0870. The van der Waals surface area contributed by atoms with Gasteiger partial charge in [0, 0.05) is 17.3 Å². The number of amides is 1. The predicted octanol–water partition coefficient (Wildman–Crippen LogP) is 3.47. The first-order valence-corrected chi connectivity index (χ1v) is 8.80. The number of carbonyl (C=O) groups is 2. The highest BCUT2D eigenvalue weighted by Gasteiger charge is 2.13. The highest BCUT2D eigenvalue weighted by Crippen LogP contribution is 2.27. The van der Waals surface area contributed by atoms with E-state index in [0.29, 0.717) is 22.8 Å². The van der Waals surface area contributed by atoms with Gasteiger partial charge in [-0.05, 0) is 54.8 Å². The number of aryl methyl sites for hydroxylation is 2. The van der Waals surface area contributed by atoms with Crippen molar-refractivity contribution in [2.75, 3.05) is 5.32 Å². The summed E-state index contributed by atoms with van der Waals surface area (Å²) in [5, 5.41) is 23.2. The molecule has 0 spiro atoms. The normalized spacial score (nSPS) is 11.0. The van der Waals surface area contributed by atoms with Gasteiger partial charge in [-0.3, -0.25) is 4.79 Å². The van der Waals surface area contributed by atoms with Crippen LogP contribution in [0.3, 0.4) is 0 Å². The Hall–Kier alpha value is -4.11. The van der Waals surface area contributed by atoms with E-state index in [4.69, 9.17) is 4.42 Å². The van der Waals surface area contributed by atoms with Crippen molar-refractivity contribution in [2.45, 2.75) is 13.8 Å². The smallest absolute Gasteiger partial charge is 0.266 e. The van der Waals surface area contributed by atoms with E-state index < -0.39 is 11.9 Å². The molecule has 3 aromatic rings. The number of nitrogens with zero attached hydrogens (tertiary/aromatic N) is 1. The van der Waals surface area contributed by atoms with Gasteiger partial charge in [-0.1, -0.05) is 30.3 Å². The summed E-state index contributed by atoms with van der Waals surface area (Å²) >= 11 is 0. The molecule has 6 heteroatoms. The molecule has 0 aliphatic rings. The van der Waals surface area contributed by atoms with Gasteiger partial charge in [0.15, 0.2) is 0 Å². The van der Waals surface area contributed by atoms with Crippen molar-refractivity contribution in [2.24, 2.45) is 0 Å². The first kappa shape index (κ1) is 19.6. The second-order valence-electron chi connectivity index (χ2n) is 6.46. The van der Waals surface area contributed by atoms with Gasteiger partial charge in [-0.15, -0.1) is 0 Å². The Morgan fingerprint density at radius 2 is 1.83 bits per heavy atom. The molecule has 29 heavy (non-hydrogen) atoms. The quantitative estimate of drug-likeness (QED) is 0.535. The van der Waals surface area contributed by atoms with Gasteiger partial charge in [-0.2, -0.15) is 5.26 Å². The maximum atomic E-state index is 12.4. The Bertz CT molecular complexity index is 1170. The van der Waals surface area contributed by atoms with Crippen LogP contribution in [0.15, 0.2) is 64.6 Å². The van der Waals surface area contributed by atoms with E-state index in [2.05, 4.69) is 5.32 Å². The minimum atomic E-state index is -1.28. The number of nitriles is 1. The summed E-state index contributed by atoms with van der Waals surface area (Å²) in [5.41, 5.74) is 2.82. The molecule has 144 valence electrons. The molecule has 0 bridgehead atoms. The van der Waals surface area contributed by atoms with E-state index in [0.717, 1.165) is 11.1 Å². The number of benzene rings is 2. The van der Waals surface area contributed by atoms with Crippen LogP contribution in [0.4, 0.5) is 5.69 Å². The first-order valence-electron chi connectivity index (χ1n) is 8.80. The van der Waals surface area contributed by atoms with E-state index >= 15 is 0 Å². The van der Waals surface area contributed by atoms with E-state index in [1.807, 2.05) is 32.0 Å². The van der Waals surface area contributed by atoms with Crippen LogP contribution >= 0.6 is 0 Å². The number of nitrogens with one attached hydrogen (secondary N) is 1. The second-order valence-corrected chi connectivity index (χ2v) is 6.46. The number of carbonyl (C=O) groups excluding carboxylic acids is 2. The molecule has 0 fully saturated rings. The highest BCUT2D eigenvalue weighted by molar-refractivity contribution is 6.09. The molecule has 0 aliphatic heterocycles. The zero-order valence-corrected chi connectivity index (χ0v) is 15.9. The summed E-state index contributed by atoms with van der Waals surface area (Å²) < 4.78 is 5.72. The van der Waals surface area contributed by atoms with Gasteiger partial charge in [-0.25, -0.2) is 0 Å². The summed E-state index contributed by atoms with van der Waals surface area (Å²) in [6.45, 7) is 3.68. The van der Waals surface area contributed by atoms with Crippen LogP contribution in [0.1, 0.15) is 27.2 Å². The summed E-state index contributed by atoms with van der Waals surface area (Å²) in [4.78, 5) is 23.5. The fourth-order valence-corrected chi connectivity index (χ4v) is 2.78. The van der Waals surface area contributed by atoms with Crippen molar-refractivity contribution in [3.63, 3.8) is 0 Å². The molecule has 0 saturated carbocycles. The third-order valence-corrected chi connectivity index (χ3v) is 4.41. The highest BCUT2D eigenvalue weighted by atomic mass is 16.4. The molecule has 0 saturated heterocycles. The third kappa shape index (κ3) is 4.42. The van der Waals surface area contributed by atoms with Crippen LogP contribution in [0.2, 0.25) is 0 Å². The van der Waals surface area contributed by atoms with E-state index in [-0.39, 0.29) is 11.1 Å². The molecule has 1 aromatic heterocycles. The monoisotopic (exact) mass is 385 g/mol. The van der Waals surface area contributed by atoms with Crippen molar-refractivity contribution in [3.05, 3.63) is 82.6 Å². The maximum Gasteiger partial charge on any atom is 0.266 e. The number of aromatic carboxylic acids is 1. The van der Waals surface area contributed by atoms with Crippen molar-refractivity contribution in [1.82, 2.24) is 0 Å². The molecular weight excluding hydrogens is 368 g/mol. The van der Waals surface area contributed by atoms with Gasteiger partial charge in [0.05, 0.1) is 5.97 Å². The van der Waals surface area contributed by atoms with Crippen LogP contribution < -0.4 is 10.4 Å². The number of carboxylic acids is 1. The Labute approximate surface area is 167 Å². The fourth-order valence-electron chi connectivity index (χ4n) is 2.78. The average Bonchev–Trinajstić information content (AvgIpc) is 3.16. The van der Waals surface area contributed by atoms with Crippen LogP contribution in [-0.2, 0) is 4.79 Å². The molecule has 3 rings (SSSR count). The summed E-state index contributed by atoms with van der Waals surface area (Å²) in [5.74, 6) is -1.10. The van der Waals surface area contributed by atoms with E-state index in [1.165, 1.54) is 18.2 Å². The van der Waals surface area contributed by atoms with E-state index in [1.54, 1.807) is 30.3 Å². The van der Waals surface area contributed by atoms with Gasteiger partial charge in [0.2, 0.25) is 0 Å². The van der Waals surface area contributed by atoms with Crippen molar-refractivity contribution < 1.29 is 19.1 Å². The summed E-state index contributed by atoms with van der Waals surface area (Å²) in [6, 6.07) is 17.0. The summed E-state index contributed by atoms with van der Waals surface area (Å²) in [7, 11) is 0. The minimum absolute atomic E-state index is 0.0365. The molecule has 0 radical (unpaired) electrons. The van der Waals surface area contributed by atoms with Crippen LogP contribution in [0.5, 0.6) is 0 Å². The standard InChI is InChI=1S/C23H18N2O4/c1-14-7-8-16(23(27)28)12-19(14)21-10-9-18(29-21)11-17(13-24)22(26)25-20-6-4-3-5-15(20)2/h3-12H,1-2H3,(H,25,26)(H,27,28)/p-1/b17-11+. The second kappa shape index (κ2) is 8.28. The number of para-hydroxylation sites is 1. The Morgan fingerprint density at radius 1 is 1.07 bits per heavy atom. The van der Waals surface area contributed by atoms with Crippen molar-refractivity contribution in [3.8, 4) is 17.4 Å². The molecule has 0 unspecified atom stereocenters. The maximum absolute atomic E-state index is 12.4. The number of anilines is 1. The lowest BCUT2D eigenvalue weighted by atomic mass is 10.0. The number of furan rings is 1. The molecular formula is C23H17N2O4-. The average molecular weight is 385 g/mol. The number of hydrogen-bond donors (Lipinski definition) is 1. The SMILES string of the molecule is Cc1ccccc1NC(=O)/C(C#N)=C/c1ccc(-c2cc(C(=O)[O-])ccc2C)o1. The Morgan fingerprint density at radius 3 is 2.52 bits per heavy atom. The molecule has 0 atom stereocenters. The topological polar surface area (TPSA) is 106 Å². The van der Waals surface area contributed by atoms with Crippen molar-refractivity contribution in [1.29, 1.82) is 5.26 Å². The minimum Gasteiger partial charge on any atom is -0.545 e. The lowest BCUT2D eigenvalue weighted by Crippen LogP contribution is -2.22. The predicted molar refractivity (Wildman–Crippen MR) is 107 cm³/mol. The lowest BCUT2D eigenvalue weighted by Gasteiger charge is -2.07. The van der Waals surface area contributed by atoms with Gasteiger partial charge < -0.3 is 19.6 Å². The molecule has 1 amide bonds. The van der Waals surface area contributed by atoms with Gasteiger partial charge in [0.25, 0.3) is 5.91 Å². The molecule has 2 aromatic carbocycles.